The van der Waals surface area contributed by atoms with E-state index in [0.717, 1.165) is 6.42 Å². The Balaban J connectivity index is 2.55. The molecule has 0 atom stereocenters. The van der Waals surface area contributed by atoms with Crippen LogP contribution < -0.4 is 0 Å². The number of hydrogen-bond acceptors (Lipinski definition) is 2. The number of hydrogen-bond donors (Lipinski definition) is 2. The SMILES string of the molecule is O=C(O)C1=CCCC=C1c1ccccc1C(=O)O. The smallest absolute Gasteiger partial charge is 0.336 e. The van der Waals surface area contributed by atoms with Crippen molar-refractivity contribution in [3.63, 3.8) is 0 Å². The molecule has 0 spiro atoms. The van der Waals surface area contributed by atoms with Gasteiger partial charge in [0.15, 0.2) is 0 Å². The first-order valence-corrected chi connectivity index (χ1v) is 5.58. The van der Waals surface area contributed by atoms with E-state index < -0.39 is 11.9 Å². The minimum Gasteiger partial charge on any atom is -0.478 e. The van der Waals surface area contributed by atoms with Crippen molar-refractivity contribution in [2.75, 3.05) is 0 Å². The van der Waals surface area contributed by atoms with Gasteiger partial charge in [-0.25, -0.2) is 9.59 Å². The van der Waals surface area contributed by atoms with Crippen LogP contribution in [0.25, 0.3) is 5.57 Å². The van der Waals surface area contributed by atoms with Gasteiger partial charge in [0, 0.05) is 0 Å². The van der Waals surface area contributed by atoms with Gasteiger partial charge in [-0.05, 0) is 30.0 Å². The van der Waals surface area contributed by atoms with Crippen LogP contribution >= 0.6 is 0 Å². The second-order valence-corrected chi connectivity index (χ2v) is 3.97. The number of carboxylic acid groups (broad SMARTS) is 2. The van der Waals surface area contributed by atoms with Gasteiger partial charge in [-0.15, -0.1) is 0 Å². The van der Waals surface area contributed by atoms with E-state index in [1.54, 1.807) is 30.4 Å². The van der Waals surface area contributed by atoms with Gasteiger partial charge in [-0.3, -0.25) is 0 Å². The van der Waals surface area contributed by atoms with Crippen LogP contribution in [0.3, 0.4) is 0 Å². The molecule has 0 aromatic heterocycles. The third kappa shape index (κ3) is 2.18. The fourth-order valence-electron chi connectivity index (χ4n) is 2.04. The molecular weight excluding hydrogens is 232 g/mol. The summed E-state index contributed by atoms with van der Waals surface area (Å²) < 4.78 is 0. The average molecular weight is 244 g/mol. The molecule has 0 heterocycles. The molecule has 0 aliphatic heterocycles. The Hall–Kier alpha value is -2.36. The molecule has 0 saturated carbocycles. The zero-order valence-corrected chi connectivity index (χ0v) is 9.59. The van der Waals surface area contributed by atoms with Crippen LogP contribution in [0.4, 0.5) is 0 Å². The molecule has 0 saturated heterocycles. The minimum atomic E-state index is -1.05. The first kappa shape index (κ1) is 12.1. The average Bonchev–Trinajstić information content (AvgIpc) is 2.38. The summed E-state index contributed by atoms with van der Waals surface area (Å²) in [5.74, 6) is -2.08. The molecule has 0 fully saturated rings. The van der Waals surface area contributed by atoms with Gasteiger partial charge < -0.3 is 10.2 Å². The maximum absolute atomic E-state index is 11.2. The second-order valence-electron chi connectivity index (χ2n) is 3.97. The van der Waals surface area contributed by atoms with Crippen molar-refractivity contribution in [2.24, 2.45) is 0 Å². The van der Waals surface area contributed by atoms with Gasteiger partial charge in [0.2, 0.25) is 0 Å². The lowest BCUT2D eigenvalue weighted by Gasteiger charge is -2.15. The van der Waals surface area contributed by atoms with Gasteiger partial charge in [-0.2, -0.15) is 0 Å². The quantitative estimate of drug-likeness (QED) is 0.856. The van der Waals surface area contributed by atoms with E-state index in [0.29, 0.717) is 17.6 Å². The van der Waals surface area contributed by atoms with Crippen molar-refractivity contribution in [1.29, 1.82) is 0 Å². The predicted octanol–water partition coefficient (Wildman–Crippen LogP) is 2.57. The normalized spacial score (nSPS) is 14.7. The fraction of sp³-hybridized carbons (Fsp3) is 0.143. The molecule has 2 N–H and O–H groups in total. The summed E-state index contributed by atoms with van der Waals surface area (Å²) in [7, 11) is 0. The number of carbonyl (C=O) groups is 2. The number of benzene rings is 1. The van der Waals surface area contributed by atoms with E-state index in [-0.39, 0.29) is 11.1 Å². The molecule has 1 aliphatic carbocycles. The van der Waals surface area contributed by atoms with E-state index in [4.69, 9.17) is 10.2 Å². The topological polar surface area (TPSA) is 74.6 Å². The largest absolute Gasteiger partial charge is 0.478 e. The molecule has 92 valence electrons. The van der Waals surface area contributed by atoms with Crippen LogP contribution in [-0.4, -0.2) is 22.2 Å². The first-order chi connectivity index (χ1) is 8.61. The summed E-state index contributed by atoms with van der Waals surface area (Å²) in [5, 5.41) is 18.3. The van der Waals surface area contributed by atoms with Crippen molar-refractivity contribution >= 4 is 17.5 Å². The van der Waals surface area contributed by atoms with Crippen LogP contribution in [0.15, 0.2) is 42.0 Å². The number of rotatable bonds is 3. The minimum absolute atomic E-state index is 0.123. The van der Waals surface area contributed by atoms with Gasteiger partial charge in [0.1, 0.15) is 0 Å². The molecule has 0 unspecified atom stereocenters. The third-order valence-corrected chi connectivity index (χ3v) is 2.83. The van der Waals surface area contributed by atoms with Crippen LogP contribution in [-0.2, 0) is 4.79 Å². The summed E-state index contributed by atoms with van der Waals surface area (Å²) in [5.41, 5.74) is 1.25. The fourth-order valence-corrected chi connectivity index (χ4v) is 2.04. The van der Waals surface area contributed by atoms with E-state index >= 15 is 0 Å². The highest BCUT2D eigenvalue weighted by atomic mass is 16.4. The molecule has 2 rings (SSSR count). The van der Waals surface area contributed by atoms with Crippen LogP contribution in [0.5, 0.6) is 0 Å². The van der Waals surface area contributed by atoms with Crippen LogP contribution in [0.1, 0.15) is 28.8 Å². The molecule has 1 aromatic rings. The zero-order valence-electron chi connectivity index (χ0n) is 9.59. The number of aromatic carboxylic acids is 1. The lowest BCUT2D eigenvalue weighted by Crippen LogP contribution is -2.09. The molecule has 18 heavy (non-hydrogen) atoms. The Kier molecular flexibility index (Phi) is 3.28. The molecule has 0 amide bonds. The molecular formula is C14H12O4. The Morgan fingerprint density at radius 1 is 0.944 bits per heavy atom. The van der Waals surface area contributed by atoms with Crippen molar-refractivity contribution in [1.82, 2.24) is 0 Å². The molecule has 4 heteroatoms. The summed E-state index contributed by atoms with van der Waals surface area (Å²) in [6, 6.07) is 6.45. The summed E-state index contributed by atoms with van der Waals surface area (Å²) in [6.45, 7) is 0. The van der Waals surface area contributed by atoms with Gasteiger partial charge in [0.25, 0.3) is 0 Å². The molecule has 0 radical (unpaired) electrons. The zero-order chi connectivity index (χ0) is 13.1. The number of aliphatic carboxylic acids is 1. The van der Waals surface area contributed by atoms with Crippen molar-refractivity contribution < 1.29 is 19.8 Å². The lowest BCUT2D eigenvalue weighted by atomic mass is 9.89. The molecule has 1 aromatic carbocycles. The summed E-state index contributed by atoms with van der Waals surface area (Å²) >= 11 is 0. The van der Waals surface area contributed by atoms with Crippen molar-refractivity contribution in [3.05, 3.63) is 53.1 Å². The molecule has 0 bridgehead atoms. The maximum atomic E-state index is 11.2. The highest BCUT2D eigenvalue weighted by molar-refractivity contribution is 6.08. The van der Waals surface area contributed by atoms with E-state index in [1.165, 1.54) is 6.07 Å². The van der Waals surface area contributed by atoms with Crippen molar-refractivity contribution in [2.45, 2.75) is 12.8 Å². The maximum Gasteiger partial charge on any atom is 0.336 e. The standard InChI is InChI=1S/C14H12O4/c15-13(16)11-7-3-1-5-9(11)10-6-2-4-8-12(10)14(17)18/h1,3,5-8H,2,4H2,(H,15,16)(H,17,18). The van der Waals surface area contributed by atoms with E-state index in [9.17, 15) is 9.59 Å². The van der Waals surface area contributed by atoms with E-state index in [2.05, 4.69) is 0 Å². The Morgan fingerprint density at radius 3 is 2.28 bits per heavy atom. The van der Waals surface area contributed by atoms with Gasteiger partial charge >= 0.3 is 11.9 Å². The van der Waals surface area contributed by atoms with Gasteiger partial charge in [-0.1, -0.05) is 30.4 Å². The third-order valence-electron chi connectivity index (χ3n) is 2.83. The molecule has 1 aliphatic rings. The van der Waals surface area contributed by atoms with E-state index in [1.807, 2.05) is 0 Å². The van der Waals surface area contributed by atoms with Crippen molar-refractivity contribution in [3.8, 4) is 0 Å². The van der Waals surface area contributed by atoms with Gasteiger partial charge in [0.05, 0.1) is 11.1 Å². The first-order valence-electron chi connectivity index (χ1n) is 5.58. The monoisotopic (exact) mass is 244 g/mol. The summed E-state index contributed by atoms with van der Waals surface area (Å²) in [6.07, 6.45) is 4.81. The Morgan fingerprint density at radius 2 is 1.61 bits per heavy atom. The Labute approximate surface area is 104 Å². The lowest BCUT2D eigenvalue weighted by molar-refractivity contribution is -0.132. The highest BCUT2D eigenvalue weighted by Crippen LogP contribution is 2.30. The highest BCUT2D eigenvalue weighted by Gasteiger charge is 2.21. The summed E-state index contributed by atoms with van der Waals surface area (Å²) in [4.78, 5) is 22.3. The van der Waals surface area contributed by atoms with Crippen LogP contribution in [0.2, 0.25) is 0 Å². The number of carboxylic acids is 2. The van der Waals surface area contributed by atoms with Crippen LogP contribution in [0, 0.1) is 0 Å². The number of allylic oxidation sites excluding steroid dienone is 2. The Bertz CT molecular complexity index is 567. The second kappa shape index (κ2) is 4.87. The predicted molar refractivity (Wildman–Crippen MR) is 66.3 cm³/mol. The molecule has 4 nitrogen and oxygen atoms in total.